The van der Waals surface area contributed by atoms with Gasteiger partial charge in [0, 0.05) is 0 Å². The molecule has 16 heavy (non-hydrogen) atoms. The fourth-order valence-electron chi connectivity index (χ4n) is 1.43. The van der Waals surface area contributed by atoms with Gasteiger partial charge in [0.25, 0.3) is 0 Å². The Bertz CT molecular complexity index is 335. The molecule has 0 amide bonds. The molecule has 1 rings (SSSR count). The van der Waals surface area contributed by atoms with E-state index in [1.54, 1.807) is 6.07 Å². The maximum atomic E-state index is 11.5. The van der Waals surface area contributed by atoms with Gasteiger partial charge in [0.2, 0.25) is 0 Å². The molecule has 0 N–H and O–H groups in total. The number of benzene rings is 1. The minimum Gasteiger partial charge on any atom is -0.465 e. The van der Waals surface area contributed by atoms with E-state index in [1.165, 1.54) is 7.11 Å². The van der Waals surface area contributed by atoms with Crippen LogP contribution in [-0.2, 0) is 10.2 Å². The number of hydrogen-bond acceptors (Lipinski definition) is 2. The molecule has 1 aromatic carbocycles. The molecule has 0 fully saturated rings. The lowest BCUT2D eigenvalue weighted by molar-refractivity contribution is 0.0598. The first-order valence-electron chi connectivity index (χ1n) is 5.64. The number of hydrogen-bond donors (Lipinski definition) is 0. The zero-order valence-corrected chi connectivity index (χ0v) is 11.1. The van der Waals surface area contributed by atoms with Gasteiger partial charge in [-0.25, -0.2) is 4.79 Å². The van der Waals surface area contributed by atoms with Crippen molar-refractivity contribution in [3.05, 3.63) is 35.4 Å². The van der Waals surface area contributed by atoms with E-state index in [0.717, 1.165) is 5.56 Å². The second kappa shape index (κ2) is 6.31. The molecule has 0 atom stereocenters. The fourth-order valence-corrected chi connectivity index (χ4v) is 1.43. The van der Waals surface area contributed by atoms with Crippen LogP contribution in [0.4, 0.5) is 0 Å². The standard InChI is InChI=1S/C12H16O2.C2H6/c1-12(2,3)10-8-6-5-7-9(10)11(13)14-4;1-2/h5-8H,1-4H3;1-2H3. The maximum absolute atomic E-state index is 11.5. The van der Waals surface area contributed by atoms with Crippen molar-refractivity contribution in [2.75, 3.05) is 7.11 Å². The number of carbonyl (C=O) groups excluding carboxylic acids is 1. The zero-order valence-electron chi connectivity index (χ0n) is 11.1. The molecule has 0 heterocycles. The van der Waals surface area contributed by atoms with Crippen molar-refractivity contribution in [1.29, 1.82) is 0 Å². The van der Waals surface area contributed by atoms with E-state index >= 15 is 0 Å². The van der Waals surface area contributed by atoms with Gasteiger partial charge in [-0.15, -0.1) is 0 Å². The first-order chi connectivity index (χ1) is 7.46. The molecule has 90 valence electrons. The van der Waals surface area contributed by atoms with Crippen molar-refractivity contribution in [3.8, 4) is 0 Å². The normalized spacial score (nSPS) is 10.1. The van der Waals surface area contributed by atoms with Crippen molar-refractivity contribution in [2.24, 2.45) is 0 Å². The summed E-state index contributed by atoms with van der Waals surface area (Å²) in [6, 6.07) is 7.55. The highest BCUT2D eigenvalue weighted by molar-refractivity contribution is 5.91. The number of ether oxygens (including phenoxy) is 1. The van der Waals surface area contributed by atoms with Crippen LogP contribution in [0.15, 0.2) is 24.3 Å². The van der Waals surface area contributed by atoms with Crippen LogP contribution >= 0.6 is 0 Å². The molecule has 0 aliphatic heterocycles. The molecule has 0 aliphatic rings. The predicted molar refractivity (Wildman–Crippen MR) is 67.8 cm³/mol. The van der Waals surface area contributed by atoms with Crippen molar-refractivity contribution in [2.45, 2.75) is 40.0 Å². The van der Waals surface area contributed by atoms with Gasteiger partial charge in [0.1, 0.15) is 0 Å². The summed E-state index contributed by atoms with van der Waals surface area (Å²) >= 11 is 0. The van der Waals surface area contributed by atoms with Gasteiger partial charge in [-0.2, -0.15) is 0 Å². The fraction of sp³-hybridized carbons (Fsp3) is 0.500. The second-order valence-electron chi connectivity index (χ2n) is 4.29. The number of carbonyl (C=O) groups is 1. The SMILES string of the molecule is CC.COC(=O)c1ccccc1C(C)(C)C. The molecule has 1 aromatic rings. The van der Waals surface area contributed by atoms with Crippen LogP contribution in [-0.4, -0.2) is 13.1 Å². The van der Waals surface area contributed by atoms with Crippen molar-refractivity contribution in [3.63, 3.8) is 0 Å². The molecule has 0 radical (unpaired) electrons. The highest BCUT2D eigenvalue weighted by atomic mass is 16.5. The quantitative estimate of drug-likeness (QED) is 0.676. The Morgan fingerprint density at radius 2 is 1.62 bits per heavy atom. The summed E-state index contributed by atoms with van der Waals surface area (Å²) in [4.78, 5) is 11.5. The average molecular weight is 222 g/mol. The van der Waals surface area contributed by atoms with Crippen LogP contribution in [0.3, 0.4) is 0 Å². The van der Waals surface area contributed by atoms with Gasteiger partial charge in [-0.05, 0) is 17.0 Å². The Morgan fingerprint density at radius 3 is 2.06 bits per heavy atom. The Balaban J connectivity index is 0.00000106. The summed E-state index contributed by atoms with van der Waals surface area (Å²) in [6.45, 7) is 10.2. The second-order valence-corrected chi connectivity index (χ2v) is 4.29. The summed E-state index contributed by atoms with van der Waals surface area (Å²) in [6.07, 6.45) is 0. The van der Waals surface area contributed by atoms with Gasteiger partial charge in [-0.1, -0.05) is 52.8 Å². The van der Waals surface area contributed by atoms with Crippen LogP contribution in [0, 0.1) is 0 Å². The minimum atomic E-state index is -0.268. The summed E-state index contributed by atoms with van der Waals surface area (Å²) < 4.78 is 4.73. The first kappa shape index (κ1) is 14.7. The van der Waals surface area contributed by atoms with Gasteiger partial charge in [0.15, 0.2) is 0 Å². The molecule has 0 saturated heterocycles. The lowest BCUT2D eigenvalue weighted by Crippen LogP contribution is -2.17. The third-order valence-electron chi connectivity index (χ3n) is 2.14. The molecule has 2 heteroatoms. The largest absolute Gasteiger partial charge is 0.465 e. The predicted octanol–water partition coefficient (Wildman–Crippen LogP) is 3.80. The average Bonchev–Trinajstić information content (AvgIpc) is 2.29. The number of esters is 1. The maximum Gasteiger partial charge on any atom is 0.338 e. The summed E-state index contributed by atoms with van der Waals surface area (Å²) in [5.74, 6) is -0.268. The molecular formula is C14H22O2. The summed E-state index contributed by atoms with van der Waals surface area (Å²) in [7, 11) is 1.40. The zero-order chi connectivity index (χ0) is 12.8. The smallest absolute Gasteiger partial charge is 0.338 e. The molecule has 0 bridgehead atoms. The van der Waals surface area contributed by atoms with E-state index in [1.807, 2.05) is 32.0 Å². The van der Waals surface area contributed by atoms with Crippen LogP contribution in [0.25, 0.3) is 0 Å². The lowest BCUT2D eigenvalue weighted by Gasteiger charge is -2.21. The highest BCUT2D eigenvalue weighted by Gasteiger charge is 2.21. The van der Waals surface area contributed by atoms with Crippen LogP contribution < -0.4 is 0 Å². The van der Waals surface area contributed by atoms with E-state index in [4.69, 9.17) is 4.74 Å². The number of rotatable bonds is 1. The molecule has 0 unspecified atom stereocenters. The van der Waals surface area contributed by atoms with Gasteiger partial charge in [-0.3, -0.25) is 0 Å². The van der Waals surface area contributed by atoms with Gasteiger partial charge in [0.05, 0.1) is 12.7 Å². The molecular weight excluding hydrogens is 200 g/mol. The Morgan fingerprint density at radius 1 is 1.12 bits per heavy atom. The Kier molecular flexibility index (Phi) is 5.79. The lowest BCUT2D eigenvalue weighted by atomic mass is 9.84. The van der Waals surface area contributed by atoms with Crippen molar-refractivity contribution >= 4 is 5.97 Å². The Hall–Kier alpha value is -1.31. The van der Waals surface area contributed by atoms with Crippen LogP contribution in [0.2, 0.25) is 0 Å². The number of methoxy groups -OCH3 is 1. The first-order valence-corrected chi connectivity index (χ1v) is 5.64. The third kappa shape index (κ3) is 3.69. The molecule has 0 aromatic heterocycles. The highest BCUT2D eigenvalue weighted by Crippen LogP contribution is 2.25. The van der Waals surface area contributed by atoms with E-state index in [2.05, 4.69) is 20.8 Å². The molecule has 2 nitrogen and oxygen atoms in total. The topological polar surface area (TPSA) is 26.3 Å². The van der Waals surface area contributed by atoms with Crippen molar-refractivity contribution in [1.82, 2.24) is 0 Å². The van der Waals surface area contributed by atoms with Gasteiger partial charge >= 0.3 is 5.97 Å². The summed E-state index contributed by atoms with van der Waals surface area (Å²) in [5.41, 5.74) is 1.64. The van der Waals surface area contributed by atoms with E-state index in [9.17, 15) is 4.79 Å². The monoisotopic (exact) mass is 222 g/mol. The van der Waals surface area contributed by atoms with Gasteiger partial charge < -0.3 is 4.74 Å². The molecule has 0 aliphatic carbocycles. The van der Waals surface area contributed by atoms with Crippen LogP contribution in [0.5, 0.6) is 0 Å². The van der Waals surface area contributed by atoms with E-state index in [0.29, 0.717) is 5.56 Å². The van der Waals surface area contributed by atoms with E-state index < -0.39 is 0 Å². The van der Waals surface area contributed by atoms with Crippen LogP contribution in [0.1, 0.15) is 50.5 Å². The minimum absolute atomic E-state index is 0.0369. The van der Waals surface area contributed by atoms with E-state index in [-0.39, 0.29) is 11.4 Å². The third-order valence-corrected chi connectivity index (χ3v) is 2.14. The Labute approximate surface area is 98.6 Å². The summed E-state index contributed by atoms with van der Waals surface area (Å²) in [5, 5.41) is 0. The molecule has 0 spiro atoms. The van der Waals surface area contributed by atoms with Crippen molar-refractivity contribution < 1.29 is 9.53 Å². The molecule has 0 saturated carbocycles.